The van der Waals surface area contributed by atoms with Gasteiger partial charge in [0.2, 0.25) is 0 Å². The molecule has 8 aromatic rings. The van der Waals surface area contributed by atoms with Crippen LogP contribution in [0.25, 0.3) is 75.8 Å². The van der Waals surface area contributed by atoms with Crippen LogP contribution >= 0.6 is 0 Å². The summed E-state index contributed by atoms with van der Waals surface area (Å²) in [5, 5.41) is 4.78. The van der Waals surface area contributed by atoms with Gasteiger partial charge in [0.15, 0.2) is 11.4 Å². The number of fused-ring (bicyclic) bond motifs is 6. The molecule has 0 saturated carbocycles. The Labute approximate surface area is 242 Å². The molecule has 0 amide bonds. The number of nitrogens with zero attached hydrogens (tertiary/aromatic N) is 4. The molecular weight excluding hydrogens is 512 g/mol. The van der Waals surface area contributed by atoms with Crippen LogP contribution in [-0.2, 0) is 0 Å². The third-order valence-corrected chi connectivity index (χ3v) is 8.11. The molecule has 42 heavy (non-hydrogen) atoms. The first-order chi connectivity index (χ1) is 20.7. The Morgan fingerprint density at radius 2 is 0.857 bits per heavy atom. The van der Waals surface area contributed by atoms with Crippen LogP contribution in [-0.4, -0.2) is 9.13 Å². The average Bonchev–Trinajstić information content (AvgIpc) is 3.57. The van der Waals surface area contributed by atoms with Crippen molar-refractivity contribution in [2.45, 2.75) is 0 Å². The highest BCUT2D eigenvalue weighted by atomic mass is 15.0. The molecule has 2 heterocycles. The molecule has 4 nitrogen and oxygen atoms in total. The van der Waals surface area contributed by atoms with Crippen LogP contribution < -0.4 is 0 Å². The van der Waals surface area contributed by atoms with E-state index < -0.39 is 0 Å². The summed E-state index contributed by atoms with van der Waals surface area (Å²) in [5.41, 5.74) is 9.24. The molecule has 0 aliphatic carbocycles. The Kier molecular flexibility index (Phi) is 5.22. The first kappa shape index (κ1) is 23.8. The van der Waals surface area contributed by atoms with Crippen molar-refractivity contribution in [1.29, 1.82) is 0 Å². The van der Waals surface area contributed by atoms with Gasteiger partial charge in [-0.15, -0.1) is 0 Å². The third kappa shape index (κ3) is 3.47. The predicted octanol–water partition coefficient (Wildman–Crippen LogP) is 10.6. The highest BCUT2D eigenvalue weighted by molar-refractivity contribution is 6.11. The Balaban J connectivity index is 1.52. The van der Waals surface area contributed by atoms with Crippen LogP contribution in [0.2, 0.25) is 0 Å². The van der Waals surface area contributed by atoms with E-state index in [1.165, 1.54) is 21.5 Å². The van der Waals surface area contributed by atoms with Crippen molar-refractivity contribution in [3.8, 4) is 22.5 Å². The molecule has 0 saturated heterocycles. The van der Waals surface area contributed by atoms with Gasteiger partial charge in [-0.1, -0.05) is 97.1 Å². The number of para-hydroxylation sites is 4. The minimum Gasteiger partial charge on any atom is -0.309 e. The lowest BCUT2D eigenvalue weighted by Gasteiger charge is -2.18. The first-order valence-corrected chi connectivity index (χ1v) is 13.8. The fourth-order valence-corrected chi connectivity index (χ4v) is 6.35. The van der Waals surface area contributed by atoms with Crippen molar-refractivity contribution >= 4 is 55.0 Å². The van der Waals surface area contributed by atoms with Crippen molar-refractivity contribution in [1.82, 2.24) is 9.13 Å². The molecule has 0 spiro atoms. The fourth-order valence-electron chi connectivity index (χ4n) is 6.35. The lowest BCUT2D eigenvalue weighted by Crippen LogP contribution is -2.01. The molecular formula is C38H22N4. The van der Waals surface area contributed by atoms with Crippen molar-refractivity contribution in [3.63, 3.8) is 0 Å². The van der Waals surface area contributed by atoms with Crippen LogP contribution in [0.4, 0.5) is 11.4 Å². The Bertz CT molecular complexity index is 2300. The standard InChI is InChI=1S/C38H22N4/c1-39-26-21-25(22-27(23-26)40-2)29-20-19-28(41-34-15-7-3-11-30(34)31-12-4-8-16-35(31)41)24-38(29)42-36-17-9-5-13-32(36)33-14-6-10-18-37(33)42/h3-24H. The van der Waals surface area contributed by atoms with E-state index in [0.717, 1.165) is 44.6 Å². The van der Waals surface area contributed by atoms with Crippen molar-refractivity contribution in [3.05, 3.63) is 156 Å². The molecule has 0 fully saturated rings. The zero-order chi connectivity index (χ0) is 28.2. The monoisotopic (exact) mass is 534 g/mol. The maximum atomic E-state index is 7.68. The van der Waals surface area contributed by atoms with Gasteiger partial charge in [0, 0.05) is 32.8 Å². The number of benzene rings is 6. The normalized spacial score (nSPS) is 11.3. The van der Waals surface area contributed by atoms with E-state index in [-0.39, 0.29) is 0 Å². The van der Waals surface area contributed by atoms with E-state index in [2.05, 4.69) is 134 Å². The van der Waals surface area contributed by atoms with Gasteiger partial charge in [-0.2, -0.15) is 0 Å². The van der Waals surface area contributed by atoms with Gasteiger partial charge in [-0.05, 0) is 42.0 Å². The smallest absolute Gasteiger partial charge is 0.177 e. The quantitative estimate of drug-likeness (QED) is 0.201. The van der Waals surface area contributed by atoms with Gasteiger partial charge in [-0.25, -0.2) is 9.69 Å². The van der Waals surface area contributed by atoms with E-state index >= 15 is 0 Å². The van der Waals surface area contributed by atoms with Crippen LogP contribution in [0.15, 0.2) is 133 Å². The van der Waals surface area contributed by atoms with E-state index in [1.807, 2.05) is 12.1 Å². The largest absolute Gasteiger partial charge is 0.309 e. The summed E-state index contributed by atoms with van der Waals surface area (Å²) in [7, 11) is 0. The van der Waals surface area contributed by atoms with Crippen LogP contribution in [0, 0.1) is 13.1 Å². The van der Waals surface area contributed by atoms with Gasteiger partial charge in [0.05, 0.1) is 40.9 Å². The summed E-state index contributed by atoms with van der Waals surface area (Å²) in [6, 6.07) is 45.9. The SMILES string of the molecule is [C-]#[N+]c1cc([N+]#[C-])cc(-c2ccc(-n3c4ccccc4c4ccccc43)cc2-n2c3ccccc3c3ccccc32)c1. The topological polar surface area (TPSA) is 18.6 Å². The Hall–Kier alpha value is -6.10. The minimum absolute atomic E-state index is 0.457. The predicted molar refractivity (Wildman–Crippen MR) is 173 cm³/mol. The molecule has 0 aliphatic heterocycles. The number of aromatic nitrogens is 2. The molecule has 2 aromatic heterocycles. The molecule has 194 valence electrons. The van der Waals surface area contributed by atoms with Gasteiger partial charge < -0.3 is 9.13 Å². The molecule has 8 rings (SSSR count). The number of hydrogen-bond acceptors (Lipinski definition) is 0. The highest BCUT2D eigenvalue weighted by Crippen LogP contribution is 2.40. The minimum atomic E-state index is 0.457. The third-order valence-electron chi connectivity index (χ3n) is 8.11. The van der Waals surface area contributed by atoms with Crippen LogP contribution in [0.5, 0.6) is 0 Å². The second kappa shape index (κ2) is 9.24. The second-order valence-electron chi connectivity index (χ2n) is 10.4. The van der Waals surface area contributed by atoms with Gasteiger partial charge in [0.1, 0.15) is 0 Å². The Morgan fingerprint density at radius 3 is 1.31 bits per heavy atom. The zero-order valence-corrected chi connectivity index (χ0v) is 22.5. The lowest BCUT2D eigenvalue weighted by atomic mass is 10.0. The zero-order valence-electron chi connectivity index (χ0n) is 22.5. The highest BCUT2D eigenvalue weighted by Gasteiger charge is 2.19. The van der Waals surface area contributed by atoms with E-state index in [1.54, 1.807) is 6.07 Å². The fraction of sp³-hybridized carbons (Fsp3) is 0. The number of hydrogen-bond donors (Lipinski definition) is 0. The number of rotatable bonds is 3. The van der Waals surface area contributed by atoms with E-state index in [0.29, 0.717) is 11.4 Å². The van der Waals surface area contributed by atoms with Crippen LogP contribution in [0.3, 0.4) is 0 Å². The first-order valence-electron chi connectivity index (χ1n) is 13.8. The molecule has 4 heteroatoms. The molecule has 0 bridgehead atoms. The van der Waals surface area contributed by atoms with Crippen molar-refractivity contribution in [2.75, 3.05) is 0 Å². The second-order valence-corrected chi connectivity index (χ2v) is 10.4. The summed E-state index contributed by atoms with van der Waals surface area (Å²) in [5.74, 6) is 0. The molecule has 0 unspecified atom stereocenters. The molecule has 6 aromatic carbocycles. The summed E-state index contributed by atoms with van der Waals surface area (Å²) >= 11 is 0. The van der Waals surface area contributed by atoms with Crippen LogP contribution in [0.1, 0.15) is 0 Å². The summed E-state index contributed by atoms with van der Waals surface area (Å²) in [6.45, 7) is 15.4. The van der Waals surface area contributed by atoms with Gasteiger partial charge in [0.25, 0.3) is 0 Å². The van der Waals surface area contributed by atoms with Crippen molar-refractivity contribution < 1.29 is 0 Å². The van der Waals surface area contributed by atoms with Crippen molar-refractivity contribution in [2.24, 2.45) is 0 Å². The lowest BCUT2D eigenvalue weighted by molar-refractivity contribution is 1.14. The molecule has 0 N–H and O–H groups in total. The molecule has 0 atom stereocenters. The molecule has 0 radical (unpaired) electrons. The summed E-state index contributed by atoms with van der Waals surface area (Å²) in [4.78, 5) is 7.36. The maximum absolute atomic E-state index is 7.68. The van der Waals surface area contributed by atoms with E-state index in [9.17, 15) is 0 Å². The van der Waals surface area contributed by atoms with Gasteiger partial charge >= 0.3 is 0 Å². The van der Waals surface area contributed by atoms with Gasteiger partial charge in [-0.3, -0.25) is 0 Å². The summed E-state index contributed by atoms with van der Waals surface area (Å²) < 4.78 is 4.64. The molecule has 0 aliphatic rings. The summed E-state index contributed by atoms with van der Waals surface area (Å²) in [6.07, 6.45) is 0. The average molecular weight is 535 g/mol. The maximum Gasteiger partial charge on any atom is 0.177 e. The Morgan fingerprint density at radius 1 is 0.429 bits per heavy atom. The van der Waals surface area contributed by atoms with E-state index in [4.69, 9.17) is 13.1 Å².